The Hall–Kier alpha value is -3.13. The summed E-state index contributed by atoms with van der Waals surface area (Å²) in [5.74, 6) is -0.312. The van der Waals surface area contributed by atoms with Crippen molar-refractivity contribution in [3.05, 3.63) is 64.2 Å². The zero-order chi connectivity index (χ0) is 20.8. The number of nitrogens with one attached hydrogen (secondary N) is 1. The van der Waals surface area contributed by atoms with E-state index in [1.54, 1.807) is 12.1 Å². The molecular formula is C21H26N4O4. The minimum Gasteiger partial charge on any atom is -0.447 e. The molecule has 1 aliphatic rings. The van der Waals surface area contributed by atoms with Crippen LogP contribution in [0.15, 0.2) is 48.5 Å². The van der Waals surface area contributed by atoms with Crippen molar-refractivity contribution in [3.63, 3.8) is 0 Å². The predicted molar refractivity (Wildman–Crippen MR) is 112 cm³/mol. The molecule has 0 radical (unpaired) electrons. The van der Waals surface area contributed by atoms with Crippen molar-refractivity contribution in [2.24, 2.45) is 0 Å². The first kappa shape index (κ1) is 20.6. The van der Waals surface area contributed by atoms with Gasteiger partial charge in [0.2, 0.25) is 0 Å². The monoisotopic (exact) mass is 398 g/mol. The van der Waals surface area contributed by atoms with Crippen LogP contribution in [0, 0.1) is 10.1 Å². The molecule has 1 unspecified atom stereocenters. The number of carbonyl (C=O) groups is 1. The topological polar surface area (TPSA) is 88.0 Å². The zero-order valence-electron chi connectivity index (χ0n) is 16.7. The van der Waals surface area contributed by atoms with Gasteiger partial charge < -0.3 is 15.0 Å². The lowest BCUT2D eigenvalue weighted by molar-refractivity contribution is -0.383. The highest BCUT2D eigenvalue weighted by atomic mass is 16.6. The van der Waals surface area contributed by atoms with Crippen LogP contribution in [0.4, 0.5) is 17.1 Å². The number of esters is 1. The molecule has 0 saturated carbocycles. The largest absolute Gasteiger partial charge is 0.447 e. The number of para-hydroxylation sites is 1. The summed E-state index contributed by atoms with van der Waals surface area (Å²) in [5, 5.41) is 15.1. The average molecular weight is 398 g/mol. The molecule has 1 heterocycles. The van der Waals surface area contributed by atoms with Crippen LogP contribution < -0.4 is 10.2 Å². The molecule has 154 valence electrons. The maximum absolute atomic E-state index is 11.9. The summed E-state index contributed by atoms with van der Waals surface area (Å²) in [6, 6.07) is 15.1. The van der Waals surface area contributed by atoms with Gasteiger partial charge in [0.1, 0.15) is 11.4 Å². The molecule has 1 saturated heterocycles. The highest BCUT2D eigenvalue weighted by molar-refractivity contribution is 5.77. The summed E-state index contributed by atoms with van der Waals surface area (Å²) >= 11 is 0. The van der Waals surface area contributed by atoms with E-state index in [-0.39, 0.29) is 22.8 Å². The first-order chi connectivity index (χ1) is 14.0. The molecule has 0 amide bonds. The fraction of sp³-hybridized carbons (Fsp3) is 0.381. The number of hydrogen-bond donors (Lipinski definition) is 1. The standard InChI is InChI=1S/C21H26N4O4/c1-16(29-17(2)26)23-11-13-24(14-12-23)20-10-6-9-19(21(20)25(27)28)22-15-18-7-4-3-5-8-18/h3-10,16,22H,11-15H2,1-2H3. The Bertz CT molecular complexity index is 851. The predicted octanol–water partition coefficient (Wildman–Crippen LogP) is 3.24. The first-order valence-corrected chi connectivity index (χ1v) is 9.67. The normalized spacial score (nSPS) is 15.6. The van der Waals surface area contributed by atoms with E-state index < -0.39 is 0 Å². The fourth-order valence-electron chi connectivity index (χ4n) is 3.56. The zero-order valence-corrected chi connectivity index (χ0v) is 16.7. The van der Waals surface area contributed by atoms with Gasteiger partial charge in [0.25, 0.3) is 0 Å². The van der Waals surface area contributed by atoms with Crippen LogP contribution in [0.1, 0.15) is 19.4 Å². The van der Waals surface area contributed by atoms with Crippen molar-refractivity contribution in [2.75, 3.05) is 36.4 Å². The second-order valence-corrected chi connectivity index (χ2v) is 7.00. The summed E-state index contributed by atoms with van der Waals surface area (Å²) in [5.41, 5.74) is 2.25. The molecule has 2 aromatic carbocycles. The molecule has 8 nitrogen and oxygen atoms in total. The van der Waals surface area contributed by atoms with E-state index in [9.17, 15) is 14.9 Å². The second kappa shape index (κ2) is 9.38. The number of carbonyl (C=O) groups excluding carboxylic acids is 1. The van der Waals surface area contributed by atoms with E-state index in [1.807, 2.05) is 48.2 Å². The van der Waals surface area contributed by atoms with Gasteiger partial charge in [-0.25, -0.2) is 0 Å². The van der Waals surface area contributed by atoms with E-state index >= 15 is 0 Å². The van der Waals surface area contributed by atoms with Crippen molar-refractivity contribution >= 4 is 23.0 Å². The van der Waals surface area contributed by atoms with E-state index in [0.717, 1.165) is 5.56 Å². The number of nitro benzene ring substituents is 1. The number of rotatable bonds is 7. The number of hydrogen-bond acceptors (Lipinski definition) is 7. The third kappa shape index (κ3) is 5.23. The van der Waals surface area contributed by atoms with Crippen LogP contribution in [-0.2, 0) is 16.1 Å². The molecule has 0 spiro atoms. The molecule has 0 aromatic heterocycles. The highest BCUT2D eigenvalue weighted by Crippen LogP contribution is 2.36. The highest BCUT2D eigenvalue weighted by Gasteiger charge is 2.28. The maximum Gasteiger partial charge on any atom is 0.315 e. The number of ether oxygens (including phenoxy) is 1. The van der Waals surface area contributed by atoms with Crippen molar-refractivity contribution in [3.8, 4) is 0 Å². The van der Waals surface area contributed by atoms with E-state index in [4.69, 9.17) is 4.74 Å². The average Bonchev–Trinajstić information content (AvgIpc) is 2.72. The SMILES string of the molecule is CC(=O)OC(C)N1CCN(c2cccc(NCc3ccccc3)c2[N+](=O)[O-])CC1. The number of anilines is 2. The van der Waals surface area contributed by atoms with Crippen LogP contribution in [-0.4, -0.2) is 48.2 Å². The first-order valence-electron chi connectivity index (χ1n) is 9.67. The number of nitro groups is 1. The van der Waals surface area contributed by atoms with Gasteiger partial charge in [-0.05, 0) is 24.6 Å². The van der Waals surface area contributed by atoms with Crippen LogP contribution in [0.3, 0.4) is 0 Å². The molecule has 8 heteroatoms. The number of benzene rings is 2. The molecule has 1 aliphatic heterocycles. The third-order valence-electron chi connectivity index (χ3n) is 5.03. The molecular weight excluding hydrogens is 372 g/mol. The Kier molecular flexibility index (Phi) is 6.66. The van der Waals surface area contributed by atoms with E-state index in [0.29, 0.717) is 44.1 Å². The Morgan fingerprint density at radius 2 is 1.83 bits per heavy atom. The molecule has 0 aliphatic carbocycles. The Balaban J connectivity index is 1.73. The summed E-state index contributed by atoms with van der Waals surface area (Å²) in [6.45, 7) is 6.31. The maximum atomic E-state index is 11.9. The smallest absolute Gasteiger partial charge is 0.315 e. The van der Waals surface area contributed by atoms with Crippen molar-refractivity contribution in [1.82, 2.24) is 4.90 Å². The lowest BCUT2D eigenvalue weighted by Crippen LogP contribution is -2.50. The van der Waals surface area contributed by atoms with Gasteiger partial charge in [-0.3, -0.25) is 19.8 Å². The minimum atomic E-state index is -0.323. The summed E-state index contributed by atoms with van der Waals surface area (Å²) < 4.78 is 5.24. The van der Waals surface area contributed by atoms with Gasteiger partial charge in [-0.15, -0.1) is 0 Å². The van der Waals surface area contributed by atoms with E-state index in [2.05, 4.69) is 10.2 Å². The van der Waals surface area contributed by atoms with Crippen molar-refractivity contribution in [2.45, 2.75) is 26.6 Å². The fourth-order valence-corrected chi connectivity index (χ4v) is 3.56. The Labute approximate surface area is 170 Å². The minimum absolute atomic E-state index is 0.0879. The number of piperazine rings is 1. The molecule has 2 aromatic rings. The number of nitrogens with zero attached hydrogens (tertiary/aromatic N) is 3. The van der Waals surface area contributed by atoms with Gasteiger partial charge in [-0.2, -0.15) is 0 Å². The van der Waals surface area contributed by atoms with Crippen LogP contribution >= 0.6 is 0 Å². The molecule has 1 fully saturated rings. The molecule has 0 bridgehead atoms. The Morgan fingerprint density at radius 1 is 1.14 bits per heavy atom. The lowest BCUT2D eigenvalue weighted by atomic mass is 10.1. The van der Waals surface area contributed by atoms with E-state index in [1.165, 1.54) is 6.92 Å². The molecule has 1 N–H and O–H groups in total. The Morgan fingerprint density at radius 3 is 2.45 bits per heavy atom. The van der Waals surface area contributed by atoms with Crippen LogP contribution in [0.2, 0.25) is 0 Å². The quantitative estimate of drug-likeness (QED) is 0.435. The van der Waals surface area contributed by atoms with Gasteiger partial charge >= 0.3 is 11.7 Å². The second-order valence-electron chi connectivity index (χ2n) is 7.00. The van der Waals surface area contributed by atoms with Gasteiger partial charge in [0.15, 0.2) is 6.23 Å². The van der Waals surface area contributed by atoms with Crippen LogP contribution in [0.25, 0.3) is 0 Å². The molecule has 29 heavy (non-hydrogen) atoms. The van der Waals surface area contributed by atoms with Gasteiger partial charge in [0, 0.05) is 39.6 Å². The van der Waals surface area contributed by atoms with Gasteiger partial charge in [0.05, 0.1) is 4.92 Å². The summed E-state index contributed by atoms with van der Waals surface area (Å²) in [6.07, 6.45) is -0.302. The third-order valence-corrected chi connectivity index (χ3v) is 5.03. The lowest BCUT2D eigenvalue weighted by Gasteiger charge is -2.38. The molecule has 3 rings (SSSR count). The summed E-state index contributed by atoms with van der Waals surface area (Å²) in [7, 11) is 0. The van der Waals surface area contributed by atoms with Crippen molar-refractivity contribution in [1.29, 1.82) is 0 Å². The van der Waals surface area contributed by atoms with Crippen LogP contribution in [0.5, 0.6) is 0 Å². The van der Waals surface area contributed by atoms with Crippen molar-refractivity contribution < 1.29 is 14.5 Å². The van der Waals surface area contributed by atoms with Gasteiger partial charge in [-0.1, -0.05) is 36.4 Å². The summed E-state index contributed by atoms with van der Waals surface area (Å²) in [4.78, 5) is 26.8. The molecule has 1 atom stereocenters.